The van der Waals surface area contributed by atoms with E-state index in [-0.39, 0.29) is 30.4 Å². The second kappa shape index (κ2) is 8.49. The van der Waals surface area contributed by atoms with Crippen molar-refractivity contribution in [2.75, 3.05) is 17.2 Å². The van der Waals surface area contributed by atoms with E-state index in [2.05, 4.69) is 10.6 Å². The van der Waals surface area contributed by atoms with Crippen molar-refractivity contribution in [3.8, 4) is 5.75 Å². The predicted octanol–water partition coefficient (Wildman–Crippen LogP) is 2.77. The molecular formula is C20H23N3O3. The van der Waals surface area contributed by atoms with Crippen molar-refractivity contribution in [1.29, 1.82) is 0 Å². The Labute approximate surface area is 152 Å². The van der Waals surface area contributed by atoms with Gasteiger partial charge in [0, 0.05) is 29.4 Å². The molecule has 3 rings (SSSR count). The molecule has 26 heavy (non-hydrogen) atoms. The third-order valence-electron chi connectivity index (χ3n) is 4.37. The zero-order valence-corrected chi connectivity index (χ0v) is 14.5. The first-order valence-electron chi connectivity index (χ1n) is 8.74. The highest BCUT2D eigenvalue weighted by molar-refractivity contribution is 5.93. The Kier molecular flexibility index (Phi) is 5.86. The molecule has 1 aliphatic rings. The van der Waals surface area contributed by atoms with Crippen LogP contribution in [0.25, 0.3) is 0 Å². The summed E-state index contributed by atoms with van der Waals surface area (Å²) in [5, 5.41) is 5.65. The average Bonchev–Trinajstić information content (AvgIpc) is 3.08. The number of anilines is 2. The second-order valence-corrected chi connectivity index (χ2v) is 6.49. The van der Waals surface area contributed by atoms with Crippen LogP contribution < -0.4 is 21.1 Å². The minimum atomic E-state index is -0.245. The standard InChI is InChI=1S/C20H23N3O3/c21-15-10-9-14(11-15)20(25)23-17-7-4-8-18(12-17)26-13-19(24)22-16-5-2-1-3-6-16/h1-8,12,14-15H,9-11,13,21H2,(H,22,24)(H,23,25). The number of hydrogen-bond acceptors (Lipinski definition) is 4. The van der Waals surface area contributed by atoms with Crippen LogP contribution in [-0.4, -0.2) is 24.5 Å². The summed E-state index contributed by atoms with van der Waals surface area (Å²) in [6, 6.07) is 16.3. The van der Waals surface area contributed by atoms with E-state index in [0.717, 1.165) is 24.9 Å². The maximum atomic E-state index is 12.3. The van der Waals surface area contributed by atoms with Gasteiger partial charge in [0.2, 0.25) is 5.91 Å². The lowest BCUT2D eigenvalue weighted by Crippen LogP contribution is -2.23. The maximum Gasteiger partial charge on any atom is 0.262 e. The van der Waals surface area contributed by atoms with Crippen LogP contribution in [0, 0.1) is 5.92 Å². The SMILES string of the molecule is NC1CCC(C(=O)Nc2cccc(OCC(=O)Nc3ccccc3)c2)C1. The molecule has 2 atom stereocenters. The fraction of sp³-hybridized carbons (Fsp3) is 0.300. The summed E-state index contributed by atoms with van der Waals surface area (Å²) in [7, 11) is 0. The number of ether oxygens (including phenoxy) is 1. The fourth-order valence-corrected chi connectivity index (χ4v) is 3.03. The molecule has 0 spiro atoms. The number of benzene rings is 2. The zero-order valence-electron chi connectivity index (χ0n) is 14.5. The van der Waals surface area contributed by atoms with Gasteiger partial charge in [-0.3, -0.25) is 9.59 Å². The fourth-order valence-electron chi connectivity index (χ4n) is 3.03. The van der Waals surface area contributed by atoms with Crippen LogP contribution in [0.2, 0.25) is 0 Å². The summed E-state index contributed by atoms with van der Waals surface area (Å²) >= 11 is 0. The molecule has 6 heteroatoms. The Balaban J connectivity index is 1.51. The minimum Gasteiger partial charge on any atom is -0.484 e. The van der Waals surface area contributed by atoms with E-state index in [9.17, 15) is 9.59 Å². The highest BCUT2D eigenvalue weighted by Crippen LogP contribution is 2.26. The molecule has 1 fully saturated rings. The lowest BCUT2D eigenvalue weighted by molar-refractivity contribution is -0.120. The van der Waals surface area contributed by atoms with Gasteiger partial charge in [0.1, 0.15) is 5.75 Å². The van der Waals surface area contributed by atoms with Crippen molar-refractivity contribution >= 4 is 23.2 Å². The first kappa shape index (κ1) is 17.9. The molecule has 0 aromatic heterocycles. The van der Waals surface area contributed by atoms with Crippen molar-refractivity contribution in [1.82, 2.24) is 0 Å². The molecule has 0 heterocycles. The van der Waals surface area contributed by atoms with E-state index in [1.807, 2.05) is 30.3 Å². The third-order valence-corrected chi connectivity index (χ3v) is 4.37. The van der Waals surface area contributed by atoms with Crippen LogP contribution in [-0.2, 0) is 9.59 Å². The van der Waals surface area contributed by atoms with Gasteiger partial charge in [0.05, 0.1) is 0 Å². The van der Waals surface area contributed by atoms with Crippen molar-refractivity contribution in [3.63, 3.8) is 0 Å². The Morgan fingerprint density at radius 2 is 1.77 bits per heavy atom. The maximum absolute atomic E-state index is 12.3. The Bertz CT molecular complexity index is 764. The van der Waals surface area contributed by atoms with E-state index in [1.54, 1.807) is 24.3 Å². The quantitative estimate of drug-likeness (QED) is 0.744. The van der Waals surface area contributed by atoms with Gasteiger partial charge in [0.25, 0.3) is 5.91 Å². The molecule has 0 saturated heterocycles. The molecule has 136 valence electrons. The molecule has 2 unspecified atom stereocenters. The lowest BCUT2D eigenvalue weighted by Gasteiger charge is -2.12. The highest BCUT2D eigenvalue weighted by atomic mass is 16.5. The van der Waals surface area contributed by atoms with Gasteiger partial charge in [-0.15, -0.1) is 0 Å². The molecular weight excluding hydrogens is 330 g/mol. The summed E-state index contributed by atoms with van der Waals surface area (Å²) in [6.45, 7) is -0.107. The molecule has 0 aliphatic heterocycles. The summed E-state index contributed by atoms with van der Waals surface area (Å²) in [5.41, 5.74) is 7.23. The topological polar surface area (TPSA) is 93.5 Å². The van der Waals surface area contributed by atoms with Gasteiger partial charge < -0.3 is 21.1 Å². The molecule has 2 aromatic rings. The second-order valence-electron chi connectivity index (χ2n) is 6.49. The van der Waals surface area contributed by atoms with E-state index in [4.69, 9.17) is 10.5 Å². The summed E-state index contributed by atoms with van der Waals surface area (Å²) in [5.74, 6) is 0.225. The van der Waals surface area contributed by atoms with E-state index < -0.39 is 0 Å². The predicted molar refractivity (Wildman–Crippen MR) is 101 cm³/mol. The molecule has 0 radical (unpaired) electrons. The van der Waals surface area contributed by atoms with Crippen LogP contribution in [0.4, 0.5) is 11.4 Å². The van der Waals surface area contributed by atoms with Crippen LogP contribution in [0.5, 0.6) is 5.75 Å². The third kappa shape index (κ3) is 5.07. The first-order chi connectivity index (χ1) is 12.6. The lowest BCUT2D eigenvalue weighted by atomic mass is 10.1. The molecule has 1 saturated carbocycles. The van der Waals surface area contributed by atoms with Crippen LogP contribution in [0.3, 0.4) is 0 Å². The highest BCUT2D eigenvalue weighted by Gasteiger charge is 2.27. The van der Waals surface area contributed by atoms with Crippen LogP contribution in [0.1, 0.15) is 19.3 Å². The largest absolute Gasteiger partial charge is 0.484 e. The molecule has 6 nitrogen and oxygen atoms in total. The van der Waals surface area contributed by atoms with Gasteiger partial charge in [-0.2, -0.15) is 0 Å². The molecule has 2 amide bonds. The zero-order chi connectivity index (χ0) is 18.4. The summed E-state index contributed by atoms with van der Waals surface area (Å²) < 4.78 is 5.52. The number of para-hydroxylation sites is 1. The number of carbonyl (C=O) groups is 2. The molecule has 2 aromatic carbocycles. The van der Waals surface area contributed by atoms with Crippen molar-refractivity contribution < 1.29 is 14.3 Å². The van der Waals surface area contributed by atoms with Crippen molar-refractivity contribution in [2.24, 2.45) is 11.7 Å². The van der Waals surface area contributed by atoms with Crippen LogP contribution >= 0.6 is 0 Å². The number of hydrogen-bond donors (Lipinski definition) is 3. The Hall–Kier alpha value is -2.86. The van der Waals surface area contributed by atoms with E-state index in [1.165, 1.54) is 0 Å². The normalized spacial score (nSPS) is 19.0. The number of nitrogens with two attached hydrogens (primary N) is 1. The molecule has 4 N–H and O–H groups in total. The molecule has 0 bridgehead atoms. The molecule has 1 aliphatic carbocycles. The van der Waals surface area contributed by atoms with Gasteiger partial charge in [-0.05, 0) is 43.5 Å². The summed E-state index contributed by atoms with van der Waals surface area (Å²) in [6.07, 6.45) is 2.43. The smallest absolute Gasteiger partial charge is 0.262 e. The Morgan fingerprint density at radius 1 is 1.00 bits per heavy atom. The van der Waals surface area contributed by atoms with Gasteiger partial charge >= 0.3 is 0 Å². The van der Waals surface area contributed by atoms with Gasteiger partial charge in [0.15, 0.2) is 6.61 Å². The first-order valence-corrected chi connectivity index (χ1v) is 8.74. The number of rotatable bonds is 6. The van der Waals surface area contributed by atoms with E-state index in [0.29, 0.717) is 11.4 Å². The van der Waals surface area contributed by atoms with Crippen LogP contribution in [0.15, 0.2) is 54.6 Å². The number of carbonyl (C=O) groups excluding carboxylic acids is 2. The van der Waals surface area contributed by atoms with Gasteiger partial charge in [-0.1, -0.05) is 24.3 Å². The minimum absolute atomic E-state index is 0.0167. The monoisotopic (exact) mass is 353 g/mol. The summed E-state index contributed by atoms with van der Waals surface area (Å²) in [4.78, 5) is 24.2. The van der Waals surface area contributed by atoms with E-state index >= 15 is 0 Å². The van der Waals surface area contributed by atoms with Gasteiger partial charge in [-0.25, -0.2) is 0 Å². The van der Waals surface area contributed by atoms with Crippen molar-refractivity contribution in [3.05, 3.63) is 54.6 Å². The number of amides is 2. The average molecular weight is 353 g/mol. The number of nitrogens with one attached hydrogen (secondary N) is 2. The van der Waals surface area contributed by atoms with Crippen molar-refractivity contribution in [2.45, 2.75) is 25.3 Å². The Morgan fingerprint density at radius 3 is 2.50 bits per heavy atom.